The highest BCUT2D eigenvalue weighted by Crippen LogP contribution is 2.18. The van der Waals surface area contributed by atoms with Crippen molar-refractivity contribution in [3.63, 3.8) is 0 Å². The number of aryl methyl sites for hydroxylation is 1. The first kappa shape index (κ1) is 15.7. The molecule has 23 heavy (non-hydrogen) atoms. The summed E-state index contributed by atoms with van der Waals surface area (Å²) in [5.74, 6) is 1.21. The molecule has 1 aliphatic rings. The maximum Gasteiger partial charge on any atom is 0.247 e. The number of amides is 1. The molecule has 0 unspecified atom stereocenters. The van der Waals surface area contributed by atoms with Crippen LogP contribution in [0.3, 0.4) is 0 Å². The van der Waals surface area contributed by atoms with Gasteiger partial charge in [0, 0.05) is 18.7 Å². The maximum atomic E-state index is 12.1. The number of rotatable bonds is 5. The molecule has 1 fully saturated rings. The van der Waals surface area contributed by atoms with Gasteiger partial charge in [-0.3, -0.25) is 9.69 Å². The molecule has 1 amide bonds. The van der Waals surface area contributed by atoms with Gasteiger partial charge in [-0.2, -0.15) is 0 Å². The van der Waals surface area contributed by atoms with Crippen molar-refractivity contribution in [1.82, 2.24) is 20.0 Å². The van der Waals surface area contributed by atoms with Crippen LogP contribution in [0, 0.1) is 6.92 Å². The number of carbonyl (C=O) groups excluding carboxylic acids is 1. The van der Waals surface area contributed by atoms with Gasteiger partial charge in [0.25, 0.3) is 0 Å². The smallest absolute Gasteiger partial charge is 0.247 e. The molecule has 0 saturated carbocycles. The number of aromatic nitrogens is 2. The first-order valence-electron chi connectivity index (χ1n) is 7.97. The minimum absolute atomic E-state index is 0.170. The standard InChI is InChI=1S/C17H22N4O2/c1-13-5-7-14(8-6-13)17-19-18-15(23-17)11-20(2)12-16(22)21-9-3-4-10-21/h5-8H,3-4,9-12H2,1-2H3. The van der Waals surface area contributed by atoms with Crippen molar-refractivity contribution in [1.29, 1.82) is 0 Å². The molecule has 1 aromatic heterocycles. The number of hydrogen-bond acceptors (Lipinski definition) is 5. The molecule has 0 radical (unpaired) electrons. The second kappa shape index (κ2) is 6.91. The highest BCUT2D eigenvalue weighted by molar-refractivity contribution is 5.78. The summed E-state index contributed by atoms with van der Waals surface area (Å²) in [6, 6.07) is 7.96. The second-order valence-corrected chi connectivity index (χ2v) is 6.13. The average Bonchev–Trinajstić information content (AvgIpc) is 3.19. The van der Waals surface area contributed by atoms with Crippen molar-refractivity contribution in [3.8, 4) is 11.5 Å². The Kier molecular flexibility index (Phi) is 4.71. The number of likely N-dealkylation sites (tertiary alicyclic amines) is 1. The molecule has 6 nitrogen and oxygen atoms in total. The number of nitrogens with zero attached hydrogens (tertiary/aromatic N) is 4. The van der Waals surface area contributed by atoms with Crippen LogP contribution in [-0.4, -0.2) is 52.6 Å². The summed E-state index contributed by atoms with van der Waals surface area (Å²) in [6.45, 7) is 4.64. The van der Waals surface area contributed by atoms with Crippen LogP contribution >= 0.6 is 0 Å². The van der Waals surface area contributed by atoms with E-state index >= 15 is 0 Å². The van der Waals surface area contributed by atoms with Crippen LogP contribution in [0.25, 0.3) is 11.5 Å². The molecule has 1 saturated heterocycles. The van der Waals surface area contributed by atoms with Crippen molar-refractivity contribution < 1.29 is 9.21 Å². The Labute approximate surface area is 136 Å². The van der Waals surface area contributed by atoms with E-state index in [1.165, 1.54) is 5.56 Å². The van der Waals surface area contributed by atoms with Crippen molar-refractivity contribution in [2.45, 2.75) is 26.3 Å². The Balaban J connectivity index is 1.57. The zero-order valence-electron chi connectivity index (χ0n) is 13.7. The van der Waals surface area contributed by atoms with Gasteiger partial charge in [-0.15, -0.1) is 10.2 Å². The van der Waals surface area contributed by atoms with E-state index in [9.17, 15) is 4.79 Å². The van der Waals surface area contributed by atoms with Gasteiger partial charge in [0.05, 0.1) is 13.1 Å². The fraction of sp³-hybridized carbons (Fsp3) is 0.471. The van der Waals surface area contributed by atoms with Crippen LogP contribution in [-0.2, 0) is 11.3 Å². The summed E-state index contributed by atoms with van der Waals surface area (Å²) < 4.78 is 5.70. The van der Waals surface area contributed by atoms with Gasteiger partial charge in [-0.05, 0) is 38.9 Å². The van der Waals surface area contributed by atoms with E-state index in [0.29, 0.717) is 24.9 Å². The molecular weight excluding hydrogens is 292 g/mol. The monoisotopic (exact) mass is 314 g/mol. The number of benzene rings is 1. The van der Waals surface area contributed by atoms with Crippen LogP contribution in [0.15, 0.2) is 28.7 Å². The van der Waals surface area contributed by atoms with E-state index in [0.717, 1.165) is 31.5 Å². The molecule has 3 rings (SSSR count). The Morgan fingerprint density at radius 1 is 1.22 bits per heavy atom. The average molecular weight is 314 g/mol. The molecule has 1 aliphatic heterocycles. The zero-order chi connectivity index (χ0) is 16.2. The highest BCUT2D eigenvalue weighted by Gasteiger charge is 2.20. The normalized spacial score (nSPS) is 14.7. The lowest BCUT2D eigenvalue weighted by Gasteiger charge is -2.19. The molecule has 6 heteroatoms. The van der Waals surface area contributed by atoms with Crippen LogP contribution in [0.4, 0.5) is 0 Å². The van der Waals surface area contributed by atoms with Crippen LogP contribution in [0.5, 0.6) is 0 Å². The quantitative estimate of drug-likeness (QED) is 0.846. The van der Waals surface area contributed by atoms with Crippen molar-refractivity contribution in [3.05, 3.63) is 35.7 Å². The molecule has 0 N–H and O–H groups in total. The number of hydrogen-bond donors (Lipinski definition) is 0. The lowest BCUT2D eigenvalue weighted by Crippen LogP contribution is -2.37. The first-order valence-corrected chi connectivity index (χ1v) is 7.97. The van der Waals surface area contributed by atoms with Crippen molar-refractivity contribution in [2.75, 3.05) is 26.7 Å². The third-order valence-corrected chi connectivity index (χ3v) is 4.03. The lowest BCUT2D eigenvalue weighted by molar-refractivity contribution is -0.131. The van der Waals surface area contributed by atoms with E-state index in [1.54, 1.807) is 0 Å². The molecule has 0 spiro atoms. The van der Waals surface area contributed by atoms with Gasteiger partial charge in [0.2, 0.25) is 17.7 Å². The minimum Gasteiger partial charge on any atom is -0.419 e. The fourth-order valence-electron chi connectivity index (χ4n) is 2.71. The van der Waals surface area contributed by atoms with Gasteiger partial charge >= 0.3 is 0 Å². The van der Waals surface area contributed by atoms with Gasteiger partial charge in [-0.1, -0.05) is 17.7 Å². The molecular formula is C17H22N4O2. The molecule has 122 valence electrons. The summed E-state index contributed by atoms with van der Waals surface area (Å²) in [7, 11) is 1.89. The second-order valence-electron chi connectivity index (χ2n) is 6.13. The Hall–Kier alpha value is -2.21. The minimum atomic E-state index is 0.170. The van der Waals surface area contributed by atoms with Gasteiger partial charge < -0.3 is 9.32 Å². The summed E-state index contributed by atoms with van der Waals surface area (Å²) >= 11 is 0. The van der Waals surface area contributed by atoms with Crippen LogP contribution < -0.4 is 0 Å². The molecule has 2 aromatic rings. The van der Waals surface area contributed by atoms with Crippen molar-refractivity contribution in [2.24, 2.45) is 0 Å². The summed E-state index contributed by atoms with van der Waals surface area (Å²) in [5, 5.41) is 8.16. The SMILES string of the molecule is Cc1ccc(-c2nnc(CN(C)CC(=O)N3CCCC3)o2)cc1. The topological polar surface area (TPSA) is 62.5 Å². The predicted octanol–water partition coefficient (Wildman–Crippen LogP) is 2.10. The molecule has 0 aliphatic carbocycles. The summed E-state index contributed by atoms with van der Waals surface area (Å²) in [4.78, 5) is 16.0. The van der Waals surface area contributed by atoms with Gasteiger partial charge in [0.1, 0.15) is 0 Å². The van der Waals surface area contributed by atoms with Crippen LogP contribution in [0.2, 0.25) is 0 Å². The van der Waals surface area contributed by atoms with E-state index in [-0.39, 0.29) is 5.91 Å². The zero-order valence-corrected chi connectivity index (χ0v) is 13.7. The van der Waals surface area contributed by atoms with Crippen molar-refractivity contribution >= 4 is 5.91 Å². The Morgan fingerprint density at radius 3 is 2.61 bits per heavy atom. The molecule has 1 aromatic carbocycles. The molecule has 2 heterocycles. The number of likely N-dealkylation sites (N-methyl/N-ethyl adjacent to an activating group) is 1. The fourth-order valence-corrected chi connectivity index (χ4v) is 2.71. The molecule has 0 bridgehead atoms. The van der Waals surface area contributed by atoms with E-state index in [1.807, 2.05) is 48.0 Å². The van der Waals surface area contributed by atoms with E-state index < -0.39 is 0 Å². The predicted molar refractivity (Wildman–Crippen MR) is 86.6 cm³/mol. The van der Waals surface area contributed by atoms with E-state index in [4.69, 9.17) is 4.42 Å². The van der Waals surface area contributed by atoms with Gasteiger partial charge in [0.15, 0.2) is 0 Å². The summed E-state index contributed by atoms with van der Waals surface area (Å²) in [5.41, 5.74) is 2.10. The number of carbonyl (C=O) groups is 1. The van der Waals surface area contributed by atoms with E-state index in [2.05, 4.69) is 10.2 Å². The highest BCUT2D eigenvalue weighted by atomic mass is 16.4. The largest absolute Gasteiger partial charge is 0.419 e. The third-order valence-electron chi connectivity index (χ3n) is 4.03. The Morgan fingerprint density at radius 2 is 1.91 bits per heavy atom. The maximum absolute atomic E-state index is 12.1. The lowest BCUT2D eigenvalue weighted by atomic mass is 10.1. The van der Waals surface area contributed by atoms with Gasteiger partial charge in [-0.25, -0.2) is 0 Å². The Bertz CT molecular complexity index is 659. The third kappa shape index (κ3) is 3.96. The first-order chi connectivity index (χ1) is 11.1. The van der Waals surface area contributed by atoms with Crippen LogP contribution in [0.1, 0.15) is 24.3 Å². The summed E-state index contributed by atoms with van der Waals surface area (Å²) in [6.07, 6.45) is 2.22. The molecule has 0 atom stereocenters.